The van der Waals surface area contributed by atoms with Crippen molar-refractivity contribution < 1.29 is 42.9 Å². The summed E-state index contributed by atoms with van der Waals surface area (Å²) in [5.74, 6) is -1.27. The van der Waals surface area contributed by atoms with Crippen LogP contribution in [0.15, 0.2) is 72.8 Å². The van der Waals surface area contributed by atoms with Crippen molar-refractivity contribution in [2.24, 2.45) is 0 Å². The van der Waals surface area contributed by atoms with Gasteiger partial charge in [-0.15, -0.1) is 0 Å². The molecule has 9 nitrogen and oxygen atoms in total. The first kappa shape index (κ1) is 38.8. The number of hydrogen-bond acceptors (Lipinski definition) is 9. The highest BCUT2D eigenvalue weighted by molar-refractivity contribution is 5.93. The number of ether oxygens (including phenoxy) is 5. The Balaban J connectivity index is 1.38. The lowest BCUT2D eigenvalue weighted by Crippen LogP contribution is -2.26. The van der Waals surface area contributed by atoms with E-state index >= 15 is 0 Å². The summed E-state index contributed by atoms with van der Waals surface area (Å²) in [6.07, 6.45) is 12.7. The van der Waals surface area contributed by atoms with E-state index in [9.17, 15) is 19.2 Å². The molecule has 0 saturated heterocycles. The molecule has 3 aromatic rings. The van der Waals surface area contributed by atoms with Crippen LogP contribution in [0.25, 0.3) is 0 Å². The number of carbonyl (C=O) groups is 4. The molecule has 0 bridgehead atoms. The third kappa shape index (κ3) is 14.6. The fraction of sp³-hybridized carbons (Fsp3) is 0.450. The summed E-state index contributed by atoms with van der Waals surface area (Å²) in [5.41, 5.74) is 0.806. The van der Waals surface area contributed by atoms with E-state index in [4.69, 9.17) is 23.7 Å². The van der Waals surface area contributed by atoms with Gasteiger partial charge in [0.15, 0.2) is 6.10 Å². The molecular formula is C40H50O9. The van der Waals surface area contributed by atoms with E-state index in [0.717, 1.165) is 38.5 Å². The molecule has 0 aliphatic carbocycles. The lowest BCUT2D eigenvalue weighted by molar-refractivity contribution is -0.153. The maximum atomic E-state index is 12.7. The number of benzene rings is 3. The number of unbranched alkanes of at least 4 members (excludes halogenated alkanes) is 10. The highest BCUT2D eigenvalue weighted by Crippen LogP contribution is 2.20. The first-order valence-corrected chi connectivity index (χ1v) is 17.6. The topological polar surface area (TPSA) is 114 Å². The summed E-state index contributed by atoms with van der Waals surface area (Å²) in [7, 11) is 0. The zero-order chi connectivity index (χ0) is 35.3. The molecule has 49 heavy (non-hydrogen) atoms. The van der Waals surface area contributed by atoms with E-state index < -0.39 is 30.0 Å². The second-order valence-electron chi connectivity index (χ2n) is 12.0. The number of esters is 4. The van der Waals surface area contributed by atoms with Crippen molar-refractivity contribution in [1.29, 1.82) is 0 Å². The zero-order valence-corrected chi connectivity index (χ0v) is 29.1. The Hall–Kier alpha value is -4.66. The van der Waals surface area contributed by atoms with Gasteiger partial charge in [0, 0.05) is 0 Å². The predicted molar refractivity (Wildman–Crippen MR) is 187 cm³/mol. The molecule has 0 radical (unpaired) electrons. The Morgan fingerprint density at radius 1 is 0.490 bits per heavy atom. The highest BCUT2D eigenvalue weighted by Gasteiger charge is 2.20. The molecule has 264 valence electrons. The summed E-state index contributed by atoms with van der Waals surface area (Å²) in [6, 6.07) is 18.6. The summed E-state index contributed by atoms with van der Waals surface area (Å²) in [4.78, 5) is 49.9. The lowest BCUT2D eigenvalue weighted by Gasteiger charge is -2.13. The maximum absolute atomic E-state index is 12.7. The smallest absolute Gasteiger partial charge is 0.347 e. The largest absolute Gasteiger partial charge is 0.494 e. The summed E-state index contributed by atoms with van der Waals surface area (Å²) < 4.78 is 27.1. The van der Waals surface area contributed by atoms with E-state index in [0.29, 0.717) is 24.5 Å². The third-order valence-electron chi connectivity index (χ3n) is 7.82. The fourth-order valence-electron chi connectivity index (χ4n) is 4.86. The lowest BCUT2D eigenvalue weighted by atomic mass is 10.1. The molecule has 0 aliphatic rings. The Morgan fingerprint density at radius 3 is 1.37 bits per heavy atom. The molecule has 0 N–H and O–H groups in total. The van der Waals surface area contributed by atoms with Crippen molar-refractivity contribution in [3.8, 4) is 17.2 Å². The van der Waals surface area contributed by atoms with Gasteiger partial charge in [0.2, 0.25) is 0 Å². The highest BCUT2D eigenvalue weighted by atomic mass is 16.6. The SMILES string of the molecule is CCCCCCCCCCOc1ccc(C(=O)Oc2ccc(C(=O)Oc3ccc(C(=O)O[C@H](C)C(=O)OCCCCCC)cc3)cc2)cc1. The van der Waals surface area contributed by atoms with Gasteiger partial charge >= 0.3 is 23.9 Å². The Morgan fingerprint density at radius 2 is 0.878 bits per heavy atom. The molecule has 3 aromatic carbocycles. The van der Waals surface area contributed by atoms with Crippen LogP contribution in [-0.2, 0) is 14.3 Å². The molecule has 0 heterocycles. The molecule has 0 spiro atoms. The monoisotopic (exact) mass is 674 g/mol. The third-order valence-corrected chi connectivity index (χ3v) is 7.82. The average Bonchev–Trinajstić information content (AvgIpc) is 3.11. The molecule has 0 saturated carbocycles. The fourth-order valence-corrected chi connectivity index (χ4v) is 4.86. The summed E-state index contributed by atoms with van der Waals surface area (Å²) >= 11 is 0. The molecule has 0 unspecified atom stereocenters. The van der Waals surface area contributed by atoms with E-state index in [1.165, 1.54) is 94.0 Å². The van der Waals surface area contributed by atoms with Crippen molar-refractivity contribution in [2.45, 2.75) is 104 Å². The van der Waals surface area contributed by atoms with Crippen LogP contribution in [0.3, 0.4) is 0 Å². The van der Waals surface area contributed by atoms with Gasteiger partial charge < -0.3 is 23.7 Å². The maximum Gasteiger partial charge on any atom is 0.347 e. The van der Waals surface area contributed by atoms with Crippen LogP contribution in [0, 0.1) is 0 Å². The Labute approximate surface area is 290 Å². The first-order valence-electron chi connectivity index (χ1n) is 17.6. The van der Waals surface area contributed by atoms with E-state index in [1.54, 1.807) is 24.3 Å². The van der Waals surface area contributed by atoms with Gasteiger partial charge in [0.1, 0.15) is 17.2 Å². The minimum absolute atomic E-state index is 0.189. The normalized spacial score (nSPS) is 11.3. The zero-order valence-electron chi connectivity index (χ0n) is 29.1. The second kappa shape index (κ2) is 22.1. The molecule has 0 amide bonds. The van der Waals surface area contributed by atoms with Crippen LogP contribution in [0.2, 0.25) is 0 Å². The molecule has 0 aromatic heterocycles. The van der Waals surface area contributed by atoms with E-state index in [2.05, 4.69) is 13.8 Å². The van der Waals surface area contributed by atoms with Gasteiger partial charge in [0.05, 0.1) is 29.9 Å². The first-order chi connectivity index (χ1) is 23.8. The van der Waals surface area contributed by atoms with Crippen LogP contribution < -0.4 is 14.2 Å². The Kier molecular flexibility index (Phi) is 17.5. The standard InChI is InChI=1S/C40H50O9/c1-4-6-8-10-11-12-13-15-28-45-34-22-16-32(17-23-34)39(43)48-36-26-20-33(21-27-36)40(44)49-35-24-18-31(19-25-35)38(42)47-30(3)37(41)46-29-14-9-7-5-2/h16-27,30H,4-15,28-29H2,1-3H3/t30-/m1/s1. The molecule has 3 rings (SSSR count). The minimum Gasteiger partial charge on any atom is -0.494 e. The average molecular weight is 675 g/mol. The van der Waals surface area contributed by atoms with Gasteiger partial charge in [-0.1, -0.05) is 78.1 Å². The second-order valence-corrected chi connectivity index (χ2v) is 12.0. The van der Waals surface area contributed by atoms with Crippen LogP contribution in [0.4, 0.5) is 0 Å². The quantitative estimate of drug-likeness (QED) is 0.0584. The number of rotatable bonds is 22. The van der Waals surface area contributed by atoms with Gasteiger partial charge in [-0.3, -0.25) is 0 Å². The van der Waals surface area contributed by atoms with Gasteiger partial charge in [0.25, 0.3) is 0 Å². The summed E-state index contributed by atoms with van der Waals surface area (Å²) in [5, 5.41) is 0. The van der Waals surface area contributed by atoms with Gasteiger partial charge in [-0.05, 0) is 92.6 Å². The molecule has 0 aliphatic heterocycles. The molecule has 0 fully saturated rings. The predicted octanol–water partition coefficient (Wildman–Crippen LogP) is 9.31. The van der Waals surface area contributed by atoms with E-state index in [-0.39, 0.29) is 22.6 Å². The van der Waals surface area contributed by atoms with Gasteiger partial charge in [-0.25, -0.2) is 19.2 Å². The van der Waals surface area contributed by atoms with Crippen molar-refractivity contribution in [1.82, 2.24) is 0 Å². The molecule has 1 atom stereocenters. The molecule has 9 heteroatoms. The van der Waals surface area contributed by atoms with Crippen molar-refractivity contribution in [2.75, 3.05) is 13.2 Å². The van der Waals surface area contributed by atoms with Crippen molar-refractivity contribution in [3.63, 3.8) is 0 Å². The van der Waals surface area contributed by atoms with E-state index in [1.807, 2.05) is 0 Å². The minimum atomic E-state index is -1.05. The van der Waals surface area contributed by atoms with Gasteiger partial charge in [-0.2, -0.15) is 0 Å². The number of hydrogen-bond donors (Lipinski definition) is 0. The summed E-state index contributed by atoms with van der Waals surface area (Å²) in [6.45, 7) is 6.72. The number of carbonyl (C=O) groups excluding carboxylic acids is 4. The van der Waals surface area contributed by atoms with Crippen LogP contribution in [-0.4, -0.2) is 43.2 Å². The van der Waals surface area contributed by atoms with Crippen molar-refractivity contribution >= 4 is 23.9 Å². The Bertz CT molecular complexity index is 1430. The van der Waals surface area contributed by atoms with Crippen LogP contribution in [0.1, 0.15) is 129 Å². The van der Waals surface area contributed by atoms with Crippen LogP contribution in [0.5, 0.6) is 17.2 Å². The van der Waals surface area contributed by atoms with Crippen molar-refractivity contribution in [3.05, 3.63) is 89.5 Å². The van der Waals surface area contributed by atoms with Crippen LogP contribution >= 0.6 is 0 Å². The molecular weight excluding hydrogens is 624 g/mol.